The van der Waals surface area contributed by atoms with Crippen molar-refractivity contribution in [2.24, 2.45) is 0 Å². The average Bonchev–Trinajstić information content (AvgIpc) is 2.84. The van der Waals surface area contributed by atoms with Gasteiger partial charge in [-0.2, -0.15) is 0 Å². The summed E-state index contributed by atoms with van der Waals surface area (Å²) in [7, 11) is 0. The van der Waals surface area contributed by atoms with Gasteiger partial charge in [0.1, 0.15) is 12.4 Å². The second-order valence-electron chi connectivity index (χ2n) is 7.34. The molecule has 4 aromatic rings. The van der Waals surface area contributed by atoms with Crippen molar-refractivity contribution in [2.45, 2.75) is 6.61 Å². The Morgan fingerprint density at radius 3 is 2.53 bits per heavy atom. The molecule has 4 rings (SSSR count). The number of rotatable bonds is 8. The number of hydrogen-bond acceptors (Lipinski definition) is 3. The van der Waals surface area contributed by atoms with Gasteiger partial charge in [0.05, 0.1) is 17.8 Å². The van der Waals surface area contributed by atoms with E-state index in [1.165, 1.54) is 0 Å². The highest BCUT2D eigenvalue weighted by Crippen LogP contribution is 2.23. The molecule has 0 amide bonds. The number of benzene rings is 3. The minimum Gasteiger partial charge on any atom is -0.487 e. The van der Waals surface area contributed by atoms with E-state index in [-0.39, 0.29) is 0 Å². The zero-order chi connectivity index (χ0) is 22.2. The normalized spacial score (nSPS) is 11.3. The molecule has 1 heterocycles. The van der Waals surface area contributed by atoms with Crippen LogP contribution >= 0.6 is 11.6 Å². The van der Waals surface area contributed by atoms with Crippen molar-refractivity contribution in [2.75, 3.05) is 13.1 Å². The van der Waals surface area contributed by atoms with E-state index in [9.17, 15) is 0 Å². The van der Waals surface area contributed by atoms with E-state index in [1.54, 1.807) is 0 Å². The molecular weight excluding hydrogens is 416 g/mol. The molecule has 0 saturated carbocycles. The number of aromatic nitrogens is 1. The van der Waals surface area contributed by atoms with Crippen LogP contribution in [-0.2, 0) is 6.61 Å². The Balaban J connectivity index is 1.47. The summed E-state index contributed by atoms with van der Waals surface area (Å²) in [5.41, 5.74) is 5.18. The molecule has 32 heavy (non-hydrogen) atoms. The molecular formula is C28H23ClN2O. The summed E-state index contributed by atoms with van der Waals surface area (Å²) < 4.78 is 5.97. The maximum absolute atomic E-state index is 6.01. The molecule has 0 aliphatic heterocycles. The zero-order valence-electron chi connectivity index (χ0n) is 17.6. The first-order valence-electron chi connectivity index (χ1n) is 10.4. The third-order valence-corrected chi connectivity index (χ3v) is 5.27. The first-order valence-corrected chi connectivity index (χ1v) is 10.8. The number of nitrogens with zero attached hydrogens (tertiary/aromatic N) is 1. The van der Waals surface area contributed by atoms with Crippen LogP contribution in [0.4, 0.5) is 0 Å². The SMILES string of the molecule is C#CCNC/C(=C/c1ccc(Cl)cc1)c1ccc(OCc2ccc3ccccc3n2)cc1. The molecule has 0 atom stereocenters. The second-order valence-corrected chi connectivity index (χ2v) is 7.77. The number of terminal acetylenes is 1. The highest BCUT2D eigenvalue weighted by molar-refractivity contribution is 6.30. The largest absolute Gasteiger partial charge is 0.487 e. The smallest absolute Gasteiger partial charge is 0.130 e. The van der Waals surface area contributed by atoms with Gasteiger partial charge in [-0.3, -0.25) is 0 Å². The predicted octanol–water partition coefficient (Wildman–Crippen LogP) is 6.23. The maximum atomic E-state index is 6.01. The van der Waals surface area contributed by atoms with Crippen molar-refractivity contribution in [1.82, 2.24) is 10.3 Å². The van der Waals surface area contributed by atoms with E-state index in [0.29, 0.717) is 19.7 Å². The number of halogens is 1. The van der Waals surface area contributed by atoms with Crippen molar-refractivity contribution in [3.63, 3.8) is 0 Å². The van der Waals surface area contributed by atoms with Gasteiger partial charge in [-0.15, -0.1) is 6.42 Å². The van der Waals surface area contributed by atoms with Crippen molar-refractivity contribution in [1.29, 1.82) is 0 Å². The topological polar surface area (TPSA) is 34.1 Å². The number of para-hydroxylation sites is 1. The van der Waals surface area contributed by atoms with Gasteiger partial charge in [-0.1, -0.05) is 66.1 Å². The molecule has 4 heteroatoms. The van der Waals surface area contributed by atoms with Crippen LogP contribution < -0.4 is 10.1 Å². The Hall–Kier alpha value is -3.58. The summed E-state index contributed by atoms with van der Waals surface area (Å²) in [4.78, 5) is 4.66. The van der Waals surface area contributed by atoms with E-state index in [1.807, 2.05) is 60.7 Å². The molecule has 0 saturated heterocycles. The van der Waals surface area contributed by atoms with Crippen molar-refractivity contribution >= 4 is 34.2 Å². The van der Waals surface area contributed by atoms with Gasteiger partial charge in [-0.25, -0.2) is 4.98 Å². The maximum Gasteiger partial charge on any atom is 0.130 e. The summed E-state index contributed by atoms with van der Waals surface area (Å²) >= 11 is 6.01. The molecule has 0 aliphatic rings. The van der Waals surface area contributed by atoms with Crippen LogP contribution in [-0.4, -0.2) is 18.1 Å². The van der Waals surface area contributed by atoms with Crippen LogP contribution in [0.5, 0.6) is 5.75 Å². The van der Waals surface area contributed by atoms with Crippen LogP contribution in [0.15, 0.2) is 84.9 Å². The minimum absolute atomic E-state index is 0.418. The molecule has 3 nitrogen and oxygen atoms in total. The third kappa shape index (κ3) is 5.76. The molecule has 0 spiro atoms. The molecule has 3 aromatic carbocycles. The number of hydrogen-bond donors (Lipinski definition) is 1. The second kappa shape index (κ2) is 10.6. The van der Waals surface area contributed by atoms with Crippen LogP contribution in [0.3, 0.4) is 0 Å². The highest BCUT2D eigenvalue weighted by Gasteiger charge is 2.05. The monoisotopic (exact) mass is 438 g/mol. The highest BCUT2D eigenvalue weighted by atomic mass is 35.5. The Kier molecular flexibility index (Phi) is 7.19. The van der Waals surface area contributed by atoms with Gasteiger partial charge in [0.25, 0.3) is 0 Å². The van der Waals surface area contributed by atoms with E-state index < -0.39 is 0 Å². The molecule has 0 fully saturated rings. The molecule has 0 aliphatic carbocycles. The van der Waals surface area contributed by atoms with Gasteiger partial charge < -0.3 is 10.1 Å². The van der Waals surface area contributed by atoms with Gasteiger partial charge >= 0.3 is 0 Å². The van der Waals surface area contributed by atoms with Crippen LogP contribution in [0.1, 0.15) is 16.8 Å². The van der Waals surface area contributed by atoms with Gasteiger partial charge in [0.2, 0.25) is 0 Å². The Labute approximate surface area is 193 Å². The summed E-state index contributed by atoms with van der Waals surface area (Å²) in [6.45, 7) is 1.59. The first-order chi connectivity index (χ1) is 15.7. The summed E-state index contributed by atoms with van der Waals surface area (Å²) in [5, 5.41) is 5.11. The van der Waals surface area contributed by atoms with Crippen LogP contribution in [0, 0.1) is 12.3 Å². The van der Waals surface area contributed by atoms with Crippen molar-refractivity contribution in [3.05, 3.63) is 107 Å². The summed E-state index contributed by atoms with van der Waals surface area (Å²) in [6.07, 6.45) is 7.52. The number of fused-ring (bicyclic) bond motifs is 1. The lowest BCUT2D eigenvalue weighted by Gasteiger charge is -2.11. The minimum atomic E-state index is 0.418. The fraction of sp³-hybridized carbons (Fsp3) is 0.107. The van der Waals surface area contributed by atoms with Gasteiger partial charge in [0, 0.05) is 17.0 Å². The lowest BCUT2D eigenvalue weighted by atomic mass is 10.0. The Morgan fingerprint density at radius 1 is 0.969 bits per heavy atom. The first kappa shape index (κ1) is 21.6. The Bertz CT molecular complexity index is 1260. The lowest BCUT2D eigenvalue weighted by Crippen LogP contribution is -2.16. The quantitative estimate of drug-likeness (QED) is 0.201. The summed E-state index contributed by atoms with van der Waals surface area (Å²) in [5.74, 6) is 3.41. The van der Waals surface area contributed by atoms with Gasteiger partial charge in [-0.05, 0) is 59.2 Å². The van der Waals surface area contributed by atoms with Crippen molar-refractivity contribution in [3.8, 4) is 18.1 Å². The average molecular weight is 439 g/mol. The molecule has 1 aromatic heterocycles. The van der Waals surface area contributed by atoms with Crippen LogP contribution in [0.25, 0.3) is 22.6 Å². The zero-order valence-corrected chi connectivity index (χ0v) is 18.3. The standard InChI is InChI=1S/C28H23ClN2O/c1-2-17-30-19-24(18-21-7-12-25(29)13-8-21)22-10-15-27(16-11-22)32-20-26-14-9-23-5-3-4-6-28(23)31-26/h1,3-16,18,30H,17,19-20H2/b24-18-. The van der Waals surface area contributed by atoms with E-state index in [2.05, 4.69) is 46.6 Å². The number of ether oxygens (including phenoxy) is 1. The van der Waals surface area contributed by atoms with E-state index in [0.717, 1.165) is 44.1 Å². The summed E-state index contributed by atoms with van der Waals surface area (Å²) in [6, 6.07) is 28.0. The predicted molar refractivity (Wildman–Crippen MR) is 134 cm³/mol. The molecule has 0 bridgehead atoms. The van der Waals surface area contributed by atoms with Crippen LogP contribution in [0.2, 0.25) is 5.02 Å². The third-order valence-electron chi connectivity index (χ3n) is 5.02. The van der Waals surface area contributed by atoms with Gasteiger partial charge in [0.15, 0.2) is 0 Å². The molecule has 0 unspecified atom stereocenters. The molecule has 158 valence electrons. The fourth-order valence-electron chi connectivity index (χ4n) is 3.38. The number of pyridine rings is 1. The van der Waals surface area contributed by atoms with E-state index in [4.69, 9.17) is 22.8 Å². The Morgan fingerprint density at radius 2 is 1.75 bits per heavy atom. The fourth-order valence-corrected chi connectivity index (χ4v) is 3.50. The lowest BCUT2D eigenvalue weighted by molar-refractivity contribution is 0.302. The number of nitrogens with one attached hydrogen (secondary N) is 1. The molecule has 0 radical (unpaired) electrons. The van der Waals surface area contributed by atoms with E-state index >= 15 is 0 Å². The molecule has 1 N–H and O–H groups in total. The van der Waals surface area contributed by atoms with Crippen molar-refractivity contribution < 1.29 is 4.74 Å².